The Bertz CT molecular complexity index is 824. The third kappa shape index (κ3) is 10.4. The van der Waals surface area contributed by atoms with E-state index >= 15 is 0 Å². The van der Waals surface area contributed by atoms with Gasteiger partial charge in [-0.15, -0.1) is 11.3 Å². The van der Waals surface area contributed by atoms with Crippen LogP contribution in [0.4, 0.5) is 18.3 Å². The lowest BCUT2D eigenvalue weighted by atomic mass is 10.0. The summed E-state index contributed by atoms with van der Waals surface area (Å²) in [4.78, 5) is 38.1. The van der Waals surface area contributed by atoms with Gasteiger partial charge in [-0.25, -0.2) is 19.6 Å². The largest absolute Gasteiger partial charge is 0.478 e. The van der Waals surface area contributed by atoms with Crippen molar-refractivity contribution in [3.63, 3.8) is 0 Å². The number of rotatable bonds is 6. The van der Waals surface area contributed by atoms with Crippen LogP contribution < -0.4 is 11.1 Å². The number of carboxylic acids is 2. The second kappa shape index (κ2) is 11.9. The minimum atomic E-state index is -4.40. The van der Waals surface area contributed by atoms with Crippen LogP contribution in [0.5, 0.6) is 0 Å². The number of esters is 1. The Morgan fingerprint density at radius 1 is 1.32 bits per heavy atom. The lowest BCUT2D eigenvalue weighted by Gasteiger charge is -2.07. The van der Waals surface area contributed by atoms with E-state index in [2.05, 4.69) is 15.3 Å². The monoisotopic (exact) mass is 466 g/mol. The number of carboxylic acid groups (broad SMARTS) is 2. The quantitative estimate of drug-likeness (QED) is 0.213. The Hall–Kier alpha value is -3.16. The highest BCUT2D eigenvalue weighted by Crippen LogP contribution is 2.39. The molecule has 1 heterocycles. The molecule has 2 atom stereocenters. The van der Waals surface area contributed by atoms with Crippen LogP contribution in [-0.2, 0) is 19.1 Å². The van der Waals surface area contributed by atoms with Crippen LogP contribution in [0.1, 0.15) is 30.9 Å². The van der Waals surface area contributed by atoms with Crippen molar-refractivity contribution in [3.05, 3.63) is 23.2 Å². The average molecular weight is 466 g/mol. The van der Waals surface area contributed by atoms with E-state index in [1.165, 1.54) is 18.4 Å². The highest BCUT2D eigenvalue weighted by molar-refractivity contribution is 7.13. The molecule has 0 aliphatic heterocycles. The number of anilines is 1. The number of hydrogen-bond donors (Lipinski definition) is 4. The number of aliphatic imine (C=N–C) groups is 1. The van der Waals surface area contributed by atoms with Gasteiger partial charge in [-0.05, 0) is 19.3 Å². The highest BCUT2D eigenvalue weighted by Gasteiger charge is 2.32. The van der Waals surface area contributed by atoms with Gasteiger partial charge in [0.05, 0.1) is 18.7 Å². The van der Waals surface area contributed by atoms with Crippen LogP contribution in [-0.4, -0.2) is 58.9 Å². The molecule has 31 heavy (non-hydrogen) atoms. The number of aliphatic carboxylic acids is 2. The lowest BCUT2D eigenvalue weighted by molar-refractivity contribution is -0.145. The van der Waals surface area contributed by atoms with Crippen LogP contribution in [0.3, 0.4) is 0 Å². The van der Waals surface area contributed by atoms with Crippen molar-refractivity contribution in [1.29, 1.82) is 0 Å². The van der Waals surface area contributed by atoms with E-state index in [4.69, 9.17) is 20.7 Å². The lowest BCUT2D eigenvalue weighted by Crippen LogP contribution is -2.25. The van der Waals surface area contributed by atoms with Crippen molar-refractivity contribution in [3.8, 4) is 0 Å². The SMILES string of the molecule is COC(=O)C1CCC(c2csc(NC(N)=NCC(F)(F)F)n2)C1.O=C(O)/C=C\C(=O)O. The number of hydrogen-bond acceptors (Lipinski definition) is 7. The third-order valence-corrected chi connectivity index (χ3v) is 4.72. The second-order valence-electron chi connectivity index (χ2n) is 6.26. The van der Waals surface area contributed by atoms with Crippen molar-refractivity contribution < 1.29 is 42.5 Å². The van der Waals surface area contributed by atoms with Crippen LogP contribution in [0, 0.1) is 5.92 Å². The number of alkyl halides is 3. The normalized spacial score (nSPS) is 18.9. The summed E-state index contributed by atoms with van der Waals surface area (Å²) in [5.41, 5.74) is 6.20. The third-order valence-electron chi connectivity index (χ3n) is 3.94. The number of ether oxygens (including phenoxy) is 1. The predicted molar refractivity (Wildman–Crippen MR) is 105 cm³/mol. The van der Waals surface area contributed by atoms with Crippen LogP contribution >= 0.6 is 11.3 Å². The molecule has 0 saturated heterocycles. The smallest absolute Gasteiger partial charge is 0.408 e. The van der Waals surface area contributed by atoms with Gasteiger partial charge < -0.3 is 26.0 Å². The molecule has 1 aromatic heterocycles. The van der Waals surface area contributed by atoms with Crippen LogP contribution in [0.25, 0.3) is 0 Å². The number of guanidine groups is 1. The van der Waals surface area contributed by atoms with E-state index in [0.717, 1.165) is 18.5 Å². The zero-order chi connectivity index (χ0) is 23.6. The van der Waals surface area contributed by atoms with E-state index < -0.39 is 24.7 Å². The summed E-state index contributed by atoms with van der Waals surface area (Å²) in [5, 5.41) is 20.4. The second-order valence-corrected chi connectivity index (χ2v) is 7.12. The van der Waals surface area contributed by atoms with Gasteiger partial charge in [-0.2, -0.15) is 13.2 Å². The van der Waals surface area contributed by atoms with Crippen molar-refractivity contribution in [2.45, 2.75) is 31.4 Å². The fourth-order valence-electron chi connectivity index (χ4n) is 2.63. The van der Waals surface area contributed by atoms with E-state index in [9.17, 15) is 27.6 Å². The Balaban J connectivity index is 0.000000512. The standard InChI is InChI=1S/C13H17F3N4O2S.C4H4O4/c1-22-10(21)8-3-2-7(4-8)9-5-23-12(19-9)20-11(17)18-6-13(14,15)16;5-3(6)1-2-4(7)8/h5,7-8H,2-4,6H2,1H3,(H3,17,18,19,20);1-2H,(H,5,6)(H,7,8)/b;2-1-. The van der Waals surface area contributed by atoms with Crippen molar-refractivity contribution in [2.24, 2.45) is 16.6 Å². The maximum Gasteiger partial charge on any atom is 0.408 e. The number of carbonyl (C=O) groups is 3. The van der Waals surface area contributed by atoms with Gasteiger partial charge in [-0.3, -0.25) is 4.79 Å². The molecular formula is C17H21F3N4O6S. The van der Waals surface area contributed by atoms with Gasteiger partial charge in [0.15, 0.2) is 11.1 Å². The first kappa shape index (κ1) is 25.9. The summed E-state index contributed by atoms with van der Waals surface area (Å²) in [6.07, 6.45) is -1.06. The Labute approximate surface area is 178 Å². The minimum absolute atomic E-state index is 0.124. The summed E-state index contributed by atoms with van der Waals surface area (Å²) in [6.45, 7) is -1.34. The number of halogens is 3. The Kier molecular flexibility index (Phi) is 9.92. The van der Waals surface area contributed by atoms with Gasteiger partial charge in [0, 0.05) is 23.5 Å². The zero-order valence-corrected chi connectivity index (χ0v) is 17.1. The number of methoxy groups -OCH3 is 1. The molecule has 2 unspecified atom stereocenters. The van der Waals surface area contributed by atoms with Crippen LogP contribution in [0.2, 0.25) is 0 Å². The Morgan fingerprint density at radius 3 is 2.45 bits per heavy atom. The van der Waals surface area contributed by atoms with E-state index in [1.807, 2.05) is 5.38 Å². The molecule has 2 rings (SSSR count). The van der Waals surface area contributed by atoms with E-state index in [0.29, 0.717) is 23.7 Å². The molecule has 1 saturated carbocycles. The molecule has 0 bridgehead atoms. The first-order chi connectivity index (χ1) is 14.4. The summed E-state index contributed by atoms with van der Waals surface area (Å²) >= 11 is 1.23. The molecule has 1 fully saturated rings. The molecule has 0 spiro atoms. The molecule has 0 amide bonds. The Morgan fingerprint density at radius 2 is 1.94 bits per heavy atom. The summed E-state index contributed by atoms with van der Waals surface area (Å²) in [7, 11) is 1.36. The first-order valence-corrected chi connectivity index (χ1v) is 9.60. The summed E-state index contributed by atoms with van der Waals surface area (Å²) < 4.78 is 40.9. The molecular weight excluding hydrogens is 445 g/mol. The maximum absolute atomic E-state index is 12.1. The molecule has 1 aliphatic rings. The minimum Gasteiger partial charge on any atom is -0.478 e. The van der Waals surface area contributed by atoms with Crippen molar-refractivity contribution in [1.82, 2.24) is 4.98 Å². The van der Waals surface area contributed by atoms with Gasteiger partial charge >= 0.3 is 24.1 Å². The number of nitrogens with zero attached hydrogens (tertiary/aromatic N) is 2. The van der Waals surface area contributed by atoms with Gasteiger partial charge in [0.2, 0.25) is 0 Å². The van der Waals surface area contributed by atoms with Crippen LogP contribution in [0.15, 0.2) is 22.5 Å². The molecule has 0 aromatic carbocycles. The molecule has 1 aromatic rings. The topological polar surface area (TPSA) is 164 Å². The number of nitrogens with one attached hydrogen (secondary N) is 1. The molecule has 1 aliphatic carbocycles. The highest BCUT2D eigenvalue weighted by atomic mass is 32.1. The van der Waals surface area contributed by atoms with Crippen molar-refractivity contribution in [2.75, 3.05) is 19.0 Å². The van der Waals surface area contributed by atoms with E-state index in [-0.39, 0.29) is 23.8 Å². The molecule has 10 nitrogen and oxygen atoms in total. The number of thiazole rings is 1. The van der Waals surface area contributed by atoms with Gasteiger partial charge in [-0.1, -0.05) is 0 Å². The molecule has 172 valence electrons. The molecule has 0 radical (unpaired) electrons. The first-order valence-electron chi connectivity index (χ1n) is 8.72. The molecule has 5 N–H and O–H groups in total. The van der Waals surface area contributed by atoms with Gasteiger partial charge in [0.25, 0.3) is 0 Å². The summed E-state index contributed by atoms with van der Waals surface area (Å²) in [6, 6.07) is 0. The predicted octanol–water partition coefficient (Wildman–Crippen LogP) is 2.20. The van der Waals surface area contributed by atoms with Gasteiger partial charge in [0.1, 0.15) is 6.54 Å². The fourth-order valence-corrected chi connectivity index (χ4v) is 3.43. The number of carbonyl (C=O) groups excluding carboxylic acids is 1. The van der Waals surface area contributed by atoms with E-state index in [1.54, 1.807) is 0 Å². The fraction of sp³-hybridized carbons (Fsp3) is 0.471. The summed E-state index contributed by atoms with van der Waals surface area (Å²) in [5.74, 6) is -3.05. The average Bonchev–Trinajstić information content (AvgIpc) is 3.33. The maximum atomic E-state index is 12.1. The number of nitrogens with two attached hydrogens (primary N) is 1. The molecule has 14 heteroatoms. The number of aromatic nitrogens is 1. The van der Waals surface area contributed by atoms with Crippen molar-refractivity contribution >= 4 is 40.3 Å². The zero-order valence-electron chi connectivity index (χ0n) is 16.3.